The third-order valence-corrected chi connectivity index (χ3v) is 4.87. The maximum absolute atomic E-state index is 12.4. The molecule has 0 radical (unpaired) electrons. The fourth-order valence-electron chi connectivity index (χ4n) is 2.50. The topological polar surface area (TPSA) is 67.8 Å². The molecule has 3 aromatic rings. The van der Waals surface area contributed by atoms with Crippen molar-refractivity contribution in [1.82, 2.24) is 5.43 Å². The quantitative estimate of drug-likeness (QED) is 0.211. The zero-order valence-corrected chi connectivity index (χ0v) is 18.5. The zero-order valence-electron chi connectivity index (χ0n) is 15.4. The van der Waals surface area contributed by atoms with E-state index in [2.05, 4.69) is 42.4 Å². The normalized spacial score (nSPS) is 10.7. The van der Waals surface area contributed by atoms with Crippen molar-refractivity contribution in [1.29, 1.82) is 0 Å². The van der Waals surface area contributed by atoms with E-state index >= 15 is 0 Å². The number of amides is 1. The summed E-state index contributed by atoms with van der Waals surface area (Å²) in [4.78, 5) is 24.6. The first-order valence-corrected chi connectivity index (χ1v) is 10.2. The molecule has 5 nitrogen and oxygen atoms in total. The Bertz CT molecular complexity index is 1100. The Morgan fingerprint density at radius 1 is 0.931 bits per heavy atom. The summed E-state index contributed by atoms with van der Waals surface area (Å²) >= 11 is 6.72. The molecule has 29 heavy (non-hydrogen) atoms. The Morgan fingerprint density at radius 2 is 1.66 bits per heavy atom. The van der Waals surface area contributed by atoms with E-state index in [1.807, 2.05) is 19.1 Å². The minimum absolute atomic E-state index is 0.333. The number of benzene rings is 3. The van der Waals surface area contributed by atoms with Crippen LogP contribution in [0.3, 0.4) is 0 Å². The van der Waals surface area contributed by atoms with Crippen LogP contribution in [-0.2, 0) is 0 Å². The predicted molar refractivity (Wildman–Crippen MR) is 119 cm³/mol. The van der Waals surface area contributed by atoms with Gasteiger partial charge in [-0.25, -0.2) is 10.2 Å². The second-order valence-electron chi connectivity index (χ2n) is 6.15. The van der Waals surface area contributed by atoms with E-state index in [1.165, 1.54) is 6.21 Å². The highest BCUT2D eigenvalue weighted by Gasteiger charge is 2.12. The van der Waals surface area contributed by atoms with Crippen LogP contribution in [0.2, 0.25) is 0 Å². The molecule has 7 heteroatoms. The summed E-state index contributed by atoms with van der Waals surface area (Å²) in [6, 6.07) is 19.3. The molecule has 3 aromatic carbocycles. The molecule has 3 rings (SSSR count). The summed E-state index contributed by atoms with van der Waals surface area (Å²) < 4.78 is 7.11. The summed E-state index contributed by atoms with van der Waals surface area (Å²) in [5, 5.41) is 3.99. The van der Waals surface area contributed by atoms with Crippen molar-refractivity contribution >= 4 is 50.0 Å². The highest BCUT2D eigenvalue weighted by atomic mass is 79.9. The summed E-state index contributed by atoms with van der Waals surface area (Å²) in [5.74, 6) is -0.486. The lowest BCUT2D eigenvalue weighted by Gasteiger charge is -2.08. The minimum atomic E-state index is -0.469. The molecule has 0 fully saturated rings. The lowest BCUT2D eigenvalue weighted by molar-refractivity contribution is 0.0734. The number of aryl methyl sites for hydroxylation is 1. The van der Waals surface area contributed by atoms with Gasteiger partial charge < -0.3 is 4.74 Å². The maximum Gasteiger partial charge on any atom is 0.343 e. The number of carbonyl (C=O) groups excluding carboxylic acids is 2. The Kier molecular flexibility index (Phi) is 6.95. The van der Waals surface area contributed by atoms with Gasteiger partial charge in [0.1, 0.15) is 5.75 Å². The van der Waals surface area contributed by atoms with Crippen LogP contribution in [0.15, 0.2) is 80.8 Å². The van der Waals surface area contributed by atoms with E-state index in [1.54, 1.807) is 54.6 Å². The number of rotatable bonds is 5. The lowest BCUT2D eigenvalue weighted by atomic mass is 10.1. The Hall–Kier alpha value is -2.77. The van der Waals surface area contributed by atoms with E-state index < -0.39 is 5.97 Å². The number of esters is 1. The second-order valence-corrected chi connectivity index (χ2v) is 7.98. The van der Waals surface area contributed by atoms with Crippen molar-refractivity contribution in [2.75, 3.05) is 0 Å². The summed E-state index contributed by atoms with van der Waals surface area (Å²) in [5.41, 5.74) is 4.90. The third-order valence-electron chi connectivity index (χ3n) is 3.88. The van der Waals surface area contributed by atoms with Crippen LogP contribution in [-0.4, -0.2) is 18.1 Å². The second kappa shape index (κ2) is 9.62. The standard InChI is InChI=1S/C22H16Br2N2O3/c1-14-4-2-6-16(10-14)22(28)29-20-9-8-19(24)12-17(20)13-25-26-21(27)15-5-3-7-18(23)11-15/h2-13H,1H3,(H,26,27). The molecule has 0 aliphatic carbocycles. The molecular weight excluding hydrogens is 500 g/mol. The molecule has 0 atom stereocenters. The Labute approximate surface area is 185 Å². The number of nitrogens with one attached hydrogen (secondary N) is 1. The van der Waals surface area contributed by atoms with Crippen molar-refractivity contribution in [3.63, 3.8) is 0 Å². The van der Waals surface area contributed by atoms with E-state index in [-0.39, 0.29) is 5.91 Å². The van der Waals surface area contributed by atoms with E-state index in [0.29, 0.717) is 22.4 Å². The first-order chi connectivity index (χ1) is 13.9. The van der Waals surface area contributed by atoms with Crippen molar-refractivity contribution in [3.8, 4) is 5.75 Å². The van der Waals surface area contributed by atoms with E-state index in [9.17, 15) is 9.59 Å². The van der Waals surface area contributed by atoms with Crippen LogP contribution in [0.5, 0.6) is 5.75 Å². The van der Waals surface area contributed by atoms with Crippen molar-refractivity contribution in [2.24, 2.45) is 5.10 Å². The first-order valence-electron chi connectivity index (χ1n) is 8.60. The predicted octanol–water partition coefficient (Wildman–Crippen LogP) is 5.50. The molecule has 0 unspecified atom stereocenters. The molecule has 1 amide bonds. The number of hydrogen-bond donors (Lipinski definition) is 1. The molecule has 0 aliphatic heterocycles. The van der Waals surface area contributed by atoms with Crippen molar-refractivity contribution in [3.05, 3.63) is 97.9 Å². The molecule has 0 spiro atoms. The minimum Gasteiger partial charge on any atom is -0.422 e. The van der Waals surface area contributed by atoms with Gasteiger partial charge in [-0.3, -0.25) is 4.79 Å². The summed E-state index contributed by atoms with van der Waals surface area (Å²) in [6.45, 7) is 1.91. The zero-order chi connectivity index (χ0) is 20.8. The number of nitrogens with zero attached hydrogens (tertiary/aromatic N) is 1. The van der Waals surface area contributed by atoms with Gasteiger partial charge in [-0.15, -0.1) is 0 Å². The van der Waals surface area contributed by atoms with Gasteiger partial charge in [0.25, 0.3) is 5.91 Å². The van der Waals surface area contributed by atoms with Crippen molar-refractivity contribution < 1.29 is 14.3 Å². The van der Waals surface area contributed by atoms with Gasteiger partial charge in [0, 0.05) is 20.1 Å². The maximum atomic E-state index is 12.4. The molecule has 1 N–H and O–H groups in total. The Balaban J connectivity index is 1.75. The Morgan fingerprint density at radius 3 is 2.41 bits per heavy atom. The molecule has 0 saturated heterocycles. The molecule has 0 aromatic heterocycles. The number of ether oxygens (including phenoxy) is 1. The van der Waals surface area contributed by atoms with Crippen LogP contribution in [0.1, 0.15) is 31.8 Å². The van der Waals surface area contributed by atoms with Crippen LogP contribution in [0, 0.1) is 6.92 Å². The molecular formula is C22H16Br2N2O3. The van der Waals surface area contributed by atoms with Crippen molar-refractivity contribution in [2.45, 2.75) is 6.92 Å². The highest BCUT2D eigenvalue weighted by Crippen LogP contribution is 2.23. The molecule has 0 aliphatic rings. The van der Waals surface area contributed by atoms with Gasteiger partial charge in [-0.05, 0) is 55.5 Å². The summed E-state index contributed by atoms with van der Waals surface area (Å²) in [7, 11) is 0. The average Bonchev–Trinajstić information content (AvgIpc) is 2.69. The average molecular weight is 516 g/mol. The fourth-order valence-corrected chi connectivity index (χ4v) is 3.28. The smallest absolute Gasteiger partial charge is 0.343 e. The van der Waals surface area contributed by atoms with Gasteiger partial charge >= 0.3 is 5.97 Å². The molecule has 0 saturated carbocycles. The highest BCUT2D eigenvalue weighted by molar-refractivity contribution is 9.10. The van der Waals surface area contributed by atoms with Crippen LogP contribution in [0.25, 0.3) is 0 Å². The molecule has 0 heterocycles. The van der Waals surface area contributed by atoms with E-state index in [4.69, 9.17) is 4.74 Å². The number of hydrazone groups is 1. The van der Waals surface area contributed by atoms with Crippen LogP contribution >= 0.6 is 31.9 Å². The van der Waals surface area contributed by atoms with Crippen LogP contribution in [0.4, 0.5) is 0 Å². The third kappa shape index (κ3) is 5.85. The fraction of sp³-hybridized carbons (Fsp3) is 0.0455. The SMILES string of the molecule is Cc1cccc(C(=O)Oc2ccc(Br)cc2C=NNC(=O)c2cccc(Br)c2)c1. The molecule has 146 valence electrons. The molecule has 0 bridgehead atoms. The lowest BCUT2D eigenvalue weighted by Crippen LogP contribution is -2.17. The number of halogens is 2. The van der Waals surface area contributed by atoms with Gasteiger partial charge in [-0.1, -0.05) is 55.6 Å². The largest absolute Gasteiger partial charge is 0.422 e. The van der Waals surface area contributed by atoms with Gasteiger partial charge in [0.05, 0.1) is 11.8 Å². The van der Waals surface area contributed by atoms with Crippen LogP contribution < -0.4 is 10.2 Å². The van der Waals surface area contributed by atoms with Gasteiger partial charge in [-0.2, -0.15) is 5.10 Å². The summed E-state index contributed by atoms with van der Waals surface area (Å²) in [6.07, 6.45) is 1.43. The number of hydrogen-bond acceptors (Lipinski definition) is 4. The van der Waals surface area contributed by atoms with E-state index in [0.717, 1.165) is 14.5 Å². The van der Waals surface area contributed by atoms with Gasteiger partial charge in [0.2, 0.25) is 0 Å². The van der Waals surface area contributed by atoms with Gasteiger partial charge in [0.15, 0.2) is 0 Å². The monoisotopic (exact) mass is 514 g/mol. The number of carbonyl (C=O) groups is 2. The first kappa shape index (κ1) is 21.0.